The summed E-state index contributed by atoms with van der Waals surface area (Å²) in [6.07, 6.45) is 3.18. The third-order valence-electron chi connectivity index (χ3n) is 1.48. The van der Waals surface area contributed by atoms with E-state index in [2.05, 4.69) is 4.98 Å². The Kier molecular flexibility index (Phi) is 3.13. The van der Waals surface area contributed by atoms with Crippen LogP contribution in [0.5, 0.6) is 0 Å². The monoisotopic (exact) mass is 198 g/mol. The fourth-order valence-electron chi connectivity index (χ4n) is 0.910. The maximum atomic E-state index is 11.1. The molecule has 1 atom stereocenters. The third-order valence-corrected chi connectivity index (χ3v) is 2.39. The zero-order valence-electron chi connectivity index (χ0n) is 7.19. The van der Waals surface area contributed by atoms with Crippen molar-refractivity contribution in [3.63, 3.8) is 0 Å². The second kappa shape index (κ2) is 4.13. The number of aromatic nitrogens is 1. The van der Waals surface area contributed by atoms with Gasteiger partial charge in [0.15, 0.2) is 0 Å². The highest BCUT2D eigenvalue weighted by Crippen LogP contribution is 2.05. The summed E-state index contributed by atoms with van der Waals surface area (Å²) in [6.45, 7) is 0. The van der Waals surface area contributed by atoms with Crippen LogP contribution in [0.4, 0.5) is 0 Å². The first-order chi connectivity index (χ1) is 6.09. The summed E-state index contributed by atoms with van der Waals surface area (Å²) >= 11 is 0. The highest BCUT2D eigenvalue weighted by Gasteiger charge is 2.02. The number of primary amides is 1. The minimum atomic E-state index is -1.05. The summed E-state index contributed by atoms with van der Waals surface area (Å²) in [4.78, 5) is 15.1. The molecule has 1 aromatic rings. The molecule has 13 heavy (non-hydrogen) atoms. The van der Waals surface area contributed by atoms with E-state index >= 15 is 0 Å². The number of rotatable bonds is 3. The summed E-state index contributed by atoms with van der Waals surface area (Å²) in [5.74, 6) is -0.438. The summed E-state index contributed by atoms with van der Waals surface area (Å²) in [5, 5.41) is 0. The number of carbonyl (C=O) groups excluding carboxylic acids is 1. The van der Waals surface area contributed by atoms with Gasteiger partial charge in [0.2, 0.25) is 5.91 Å². The van der Waals surface area contributed by atoms with Crippen molar-refractivity contribution in [1.29, 1.82) is 0 Å². The lowest BCUT2D eigenvalue weighted by molar-refractivity contribution is -0.117. The SMILES string of the molecule is CS(=O)c1ccnc(CC(N)=O)c1. The van der Waals surface area contributed by atoms with Crippen LogP contribution < -0.4 is 5.73 Å². The molecule has 4 nitrogen and oxygen atoms in total. The van der Waals surface area contributed by atoms with Crippen molar-refractivity contribution in [3.05, 3.63) is 24.0 Å². The Bertz CT molecular complexity index is 352. The number of nitrogens with zero attached hydrogens (tertiary/aromatic N) is 1. The summed E-state index contributed by atoms with van der Waals surface area (Å²) in [6, 6.07) is 3.28. The molecule has 0 spiro atoms. The Morgan fingerprint density at radius 1 is 1.69 bits per heavy atom. The number of carbonyl (C=O) groups is 1. The van der Waals surface area contributed by atoms with E-state index in [9.17, 15) is 9.00 Å². The Morgan fingerprint density at radius 3 is 2.92 bits per heavy atom. The first kappa shape index (κ1) is 9.85. The van der Waals surface area contributed by atoms with Crippen molar-refractivity contribution in [2.75, 3.05) is 6.26 Å². The van der Waals surface area contributed by atoms with Crippen LogP contribution in [-0.4, -0.2) is 21.4 Å². The van der Waals surface area contributed by atoms with Crippen molar-refractivity contribution < 1.29 is 9.00 Å². The maximum Gasteiger partial charge on any atom is 0.223 e. The predicted octanol–water partition coefficient (Wildman–Crippen LogP) is -0.153. The average molecular weight is 198 g/mol. The molecule has 1 heterocycles. The molecule has 0 saturated heterocycles. The third kappa shape index (κ3) is 2.95. The van der Waals surface area contributed by atoms with E-state index in [0.29, 0.717) is 10.6 Å². The minimum Gasteiger partial charge on any atom is -0.369 e. The van der Waals surface area contributed by atoms with E-state index in [1.165, 1.54) is 6.20 Å². The molecule has 1 amide bonds. The van der Waals surface area contributed by atoms with Crippen molar-refractivity contribution in [2.45, 2.75) is 11.3 Å². The molecule has 1 rings (SSSR count). The first-order valence-corrected chi connectivity index (χ1v) is 5.22. The van der Waals surface area contributed by atoms with Crippen LogP contribution in [0.2, 0.25) is 0 Å². The van der Waals surface area contributed by atoms with Gasteiger partial charge in [0.1, 0.15) is 0 Å². The van der Waals surface area contributed by atoms with Gasteiger partial charge < -0.3 is 5.73 Å². The minimum absolute atomic E-state index is 0.0883. The summed E-state index contributed by atoms with van der Waals surface area (Å²) in [7, 11) is -1.05. The molecule has 70 valence electrons. The number of hydrogen-bond donors (Lipinski definition) is 1. The normalized spacial score (nSPS) is 12.4. The molecule has 0 aliphatic carbocycles. The van der Waals surface area contributed by atoms with E-state index in [4.69, 9.17) is 5.73 Å². The largest absolute Gasteiger partial charge is 0.369 e. The predicted molar refractivity (Wildman–Crippen MR) is 49.5 cm³/mol. The molecule has 2 N–H and O–H groups in total. The van der Waals surface area contributed by atoms with Crippen molar-refractivity contribution in [1.82, 2.24) is 4.98 Å². The highest BCUT2D eigenvalue weighted by molar-refractivity contribution is 7.84. The second-order valence-electron chi connectivity index (χ2n) is 2.58. The fraction of sp³-hybridized carbons (Fsp3) is 0.250. The van der Waals surface area contributed by atoms with Gasteiger partial charge in [0.05, 0.1) is 12.1 Å². The molecule has 0 bridgehead atoms. The van der Waals surface area contributed by atoms with Gasteiger partial charge in [-0.2, -0.15) is 0 Å². The first-order valence-electron chi connectivity index (χ1n) is 3.66. The van der Waals surface area contributed by atoms with E-state index in [1.807, 2.05) is 0 Å². The Hall–Kier alpha value is -1.23. The van der Waals surface area contributed by atoms with Gasteiger partial charge in [0.25, 0.3) is 0 Å². The molecule has 0 aliphatic heterocycles. The quantitative estimate of drug-likeness (QED) is 0.733. The molecule has 0 saturated carbocycles. The standard InChI is InChI=1S/C8H10N2O2S/c1-13(12)7-2-3-10-6(4-7)5-8(9)11/h2-4H,5H2,1H3,(H2,9,11). The molecule has 0 radical (unpaired) electrons. The van der Waals surface area contributed by atoms with Crippen LogP contribution in [-0.2, 0) is 22.0 Å². The average Bonchev–Trinajstić information content (AvgIpc) is 2.03. The molecule has 0 fully saturated rings. The van der Waals surface area contributed by atoms with E-state index in [1.54, 1.807) is 18.4 Å². The lowest BCUT2D eigenvalue weighted by Gasteiger charge is -1.99. The van der Waals surface area contributed by atoms with Crippen LogP contribution in [0, 0.1) is 0 Å². The van der Waals surface area contributed by atoms with Gasteiger partial charge in [-0.25, -0.2) is 0 Å². The van der Waals surface area contributed by atoms with Gasteiger partial charge in [-0.1, -0.05) is 0 Å². The number of nitrogens with two attached hydrogens (primary N) is 1. The van der Waals surface area contributed by atoms with E-state index < -0.39 is 16.7 Å². The molecular formula is C8H10N2O2S. The number of pyridine rings is 1. The molecule has 0 aromatic carbocycles. The highest BCUT2D eigenvalue weighted by atomic mass is 32.2. The molecule has 1 aromatic heterocycles. The zero-order valence-corrected chi connectivity index (χ0v) is 8.00. The Labute approximate surface area is 78.6 Å². The Balaban J connectivity index is 2.91. The van der Waals surface area contributed by atoms with E-state index in [0.717, 1.165) is 0 Å². The van der Waals surface area contributed by atoms with Crippen molar-refractivity contribution in [3.8, 4) is 0 Å². The van der Waals surface area contributed by atoms with Crippen LogP contribution in [0.1, 0.15) is 5.69 Å². The van der Waals surface area contributed by atoms with Gasteiger partial charge in [-0.3, -0.25) is 14.0 Å². The van der Waals surface area contributed by atoms with Gasteiger partial charge in [-0.15, -0.1) is 0 Å². The maximum absolute atomic E-state index is 11.1. The second-order valence-corrected chi connectivity index (χ2v) is 3.96. The Morgan fingerprint density at radius 2 is 2.38 bits per heavy atom. The lowest BCUT2D eigenvalue weighted by atomic mass is 10.3. The molecule has 5 heteroatoms. The molecular weight excluding hydrogens is 188 g/mol. The van der Waals surface area contributed by atoms with Gasteiger partial charge in [0, 0.05) is 28.1 Å². The van der Waals surface area contributed by atoms with Crippen molar-refractivity contribution in [2.24, 2.45) is 5.73 Å². The summed E-state index contributed by atoms with van der Waals surface area (Å²) < 4.78 is 11.1. The van der Waals surface area contributed by atoms with Gasteiger partial charge >= 0.3 is 0 Å². The molecule has 0 aliphatic rings. The topological polar surface area (TPSA) is 73.1 Å². The van der Waals surface area contributed by atoms with Crippen molar-refractivity contribution >= 4 is 16.7 Å². The van der Waals surface area contributed by atoms with Gasteiger partial charge in [-0.05, 0) is 12.1 Å². The lowest BCUT2D eigenvalue weighted by Crippen LogP contribution is -2.14. The van der Waals surface area contributed by atoms with Crippen LogP contribution in [0.15, 0.2) is 23.2 Å². The molecule has 1 unspecified atom stereocenters. The fourth-order valence-corrected chi connectivity index (χ4v) is 1.46. The van der Waals surface area contributed by atoms with E-state index in [-0.39, 0.29) is 6.42 Å². The smallest absolute Gasteiger partial charge is 0.223 e. The summed E-state index contributed by atoms with van der Waals surface area (Å²) in [5.41, 5.74) is 5.55. The zero-order chi connectivity index (χ0) is 9.84. The van der Waals surface area contributed by atoms with Crippen LogP contribution >= 0.6 is 0 Å². The number of hydrogen-bond acceptors (Lipinski definition) is 3. The van der Waals surface area contributed by atoms with Crippen LogP contribution in [0.3, 0.4) is 0 Å². The van der Waals surface area contributed by atoms with Crippen LogP contribution in [0.25, 0.3) is 0 Å². The number of amides is 1.